The molecule has 1 atom stereocenters. The van der Waals surface area contributed by atoms with E-state index in [4.69, 9.17) is 0 Å². The minimum Gasteiger partial charge on any atom is -0.352 e. The van der Waals surface area contributed by atoms with Crippen LogP contribution >= 0.6 is 11.8 Å². The van der Waals surface area contributed by atoms with Crippen LogP contribution in [0, 0.1) is 5.82 Å². The van der Waals surface area contributed by atoms with Crippen LogP contribution in [0.1, 0.15) is 30.6 Å². The van der Waals surface area contributed by atoms with Gasteiger partial charge in [-0.2, -0.15) is 0 Å². The van der Waals surface area contributed by atoms with Crippen molar-refractivity contribution in [2.24, 2.45) is 0 Å². The summed E-state index contributed by atoms with van der Waals surface area (Å²) in [5.41, 5.74) is 1.51. The van der Waals surface area contributed by atoms with Crippen molar-refractivity contribution < 1.29 is 9.18 Å². The summed E-state index contributed by atoms with van der Waals surface area (Å²) in [5.74, 6) is 0.228. The summed E-state index contributed by atoms with van der Waals surface area (Å²) in [6.45, 7) is 2.30. The molecule has 2 aromatic rings. The SMILES string of the molecule is CCc1cc(=O)n2c(n1)SCC2CC(=O)NCc1ccc(F)cc1. The molecule has 2 heterocycles. The first-order chi connectivity index (χ1) is 11.6. The number of benzene rings is 1. The minimum atomic E-state index is -0.303. The Morgan fingerprint density at radius 3 is 2.88 bits per heavy atom. The number of aromatic nitrogens is 2. The Bertz CT molecular complexity index is 804. The first kappa shape index (κ1) is 16.7. The topological polar surface area (TPSA) is 64.0 Å². The zero-order valence-corrected chi connectivity index (χ0v) is 14.1. The van der Waals surface area contributed by atoms with Crippen molar-refractivity contribution in [3.8, 4) is 0 Å². The standard InChI is InChI=1S/C17H18FN3O2S/c1-2-13-7-16(23)21-14(10-24-17(21)20-13)8-15(22)19-9-11-3-5-12(18)6-4-11/h3-7,14H,2,8-10H2,1H3,(H,19,22). The monoisotopic (exact) mass is 347 g/mol. The van der Waals surface area contributed by atoms with Gasteiger partial charge in [0.1, 0.15) is 5.82 Å². The molecule has 1 unspecified atom stereocenters. The lowest BCUT2D eigenvalue weighted by Gasteiger charge is -2.13. The van der Waals surface area contributed by atoms with Gasteiger partial charge in [0.25, 0.3) is 5.56 Å². The molecular formula is C17H18FN3O2S. The van der Waals surface area contributed by atoms with E-state index in [1.807, 2.05) is 6.92 Å². The summed E-state index contributed by atoms with van der Waals surface area (Å²) >= 11 is 1.51. The van der Waals surface area contributed by atoms with Crippen molar-refractivity contribution in [3.05, 3.63) is 57.8 Å². The van der Waals surface area contributed by atoms with Crippen LogP contribution in [-0.2, 0) is 17.8 Å². The van der Waals surface area contributed by atoms with E-state index in [1.165, 1.54) is 23.9 Å². The second kappa shape index (κ2) is 7.17. The van der Waals surface area contributed by atoms with Gasteiger partial charge in [-0.3, -0.25) is 14.2 Å². The average molecular weight is 347 g/mol. The van der Waals surface area contributed by atoms with Gasteiger partial charge in [0.2, 0.25) is 5.91 Å². The first-order valence-electron chi connectivity index (χ1n) is 7.83. The molecule has 5 nitrogen and oxygen atoms in total. The van der Waals surface area contributed by atoms with Crippen LogP contribution < -0.4 is 10.9 Å². The van der Waals surface area contributed by atoms with E-state index >= 15 is 0 Å². The van der Waals surface area contributed by atoms with Gasteiger partial charge in [-0.25, -0.2) is 9.37 Å². The highest BCUT2D eigenvalue weighted by molar-refractivity contribution is 7.99. The van der Waals surface area contributed by atoms with Crippen molar-refractivity contribution in [1.82, 2.24) is 14.9 Å². The molecule has 1 aromatic heterocycles. The molecule has 7 heteroatoms. The third kappa shape index (κ3) is 3.67. The lowest BCUT2D eigenvalue weighted by Crippen LogP contribution is -2.30. The second-order valence-corrected chi connectivity index (χ2v) is 6.65. The van der Waals surface area contributed by atoms with E-state index in [1.54, 1.807) is 22.8 Å². The fourth-order valence-corrected chi connectivity index (χ4v) is 3.79. The van der Waals surface area contributed by atoms with Gasteiger partial charge < -0.3 is 5.32 Å². The van der Waals surface area contributed by atoms with E-state index in [0.29, 0.717) is 23.9 Å². The number of hydrogen-bond acceptors (Lipinski definition) is 4. The average Bonchev–Trinajstić information content (AvgIpc) is 2.97. The van der Waals surface area contributed by atoms with Crippen LogP contribution in [0.2, 0.25) is 0 Å². The van der Waals surface area contributed by atoms with Crippen LogP contribution in [0.15, 0.2) is 40.3 Å². The Hall–Kier alpha value is -2.15. The van der Waals surface area contributed by atoms with Crippen LogP contribution in [0.5, 0.6) is 0 Å². The molecule has 126 valence electrons. The number of amides is 1. The van der Waals surface area contributed by atoms with Crippen molar-refractivity contribution in [2.45, 2.75) is 37.5 Å². The van der Waals surface area contributed by atoms with Crippen molar-refractivity contribution in [3.63, 3.8) is 0 Å². The van der Waals surface area contributed by atoms with E-state index in [0.717, 1.165) is 11.3 Å². The van der Waals surface area contributed by atoms with Gasteiger partial charge in [-0.05, 0) is 24.1 Å². The molecular weight excluding hydrogens is 329 g/mol. The number of rotatable bonds is 5. The molecule has 1 N–H and O–H groups in total. The molecule has 0 saturated carbocycles. The summed E-state index contributed by atoms with van der Waals surface area (Å²) in [6.07, 6.45) is 0.945. The van der Waals surface area contributed by atoms with Gasteiger partial charge in [-0.15, -0.1) is 0 Å². The van der Waals surface area contributed by atoms with Crippen LogP contribution in [-0.4, -0.2) is 21.2 Å². The normalized spacial score (nSPS) is 16.0. The Labute approximate surface area is 143 Å². The molecule has 0 radical (unpaired) electrons. The number of thioether (sulfide) groups is 1. The number of carbonyl (C=O) groups is 1. The van der Waals surface area contributed by atoms with Gasteiger partial charge >= 0.3 is 0 Å². The second-order valence-electron chi connectivity index (χ2n) is 5.66. The number of hydrogen-bond donors (Lipinski definition) is 1. The van der Waals surface area contributed by atoms with Crippen LogP contribution in [0.4, 0.5) is 4.39 Å². The molecule has 1 aromatic carbocycles. The first-order valence-corrected chi connectivity index (χ1v) is 8.81. The predicted octanol–water partition coefficient (Wildman–Crippen LogP) is 2.30. The van der Waals surface area contributed by atoms with E-state index in [-0.39, 0.29) is 29.7 Å². The third-order valence-electron chi connectivity index (χ3n) is 3.93. The molecule has 0 bridgehead atoms. The molecule has 24 heavy (non-hydrogen) atoms. The third-order valence-corrected chi connectivity index (χ3v) is 5.03. The molecule has 0 fully saturated rings. The van der Waals surface area contributed by atoms with Gasteiger partial charge in [0, 0.05) is 30.5 Å². The number of carbonyl (C=O) groups excluding carboxylic acids is 1. The molecule has 1 aliphatic rings. The van der Waals surface area contributed by atoms with E-state index in [9.17, 15) is 14.0 Å². The van der Waals surface area contributed by atoms with Gasteiger partial charge in [0.15, 0.2) is 5.16 Å². The van der Waals surface area contributed by atoms with Gasteiger partial charge in [0.05, 0.1) is 6.04 Å². The fourth-order valence-electron chi connectivity index (χ4n) is 2.62. The number of nitrogens with one attached hydrogen (secondary N) is 1. The van der Waals surface area contributed by atoms with Crippen LogP contribution in [0.3, 0.4) is 0 Å². The molecule has 1 aliphatic heterocycles. The zero-order valence-electron chi connectivity index (χ0n) is 13.3. The highest BCUT2D eigenvalue weighted by atomic mass is 32.2. The van der Waals surface area contributed by atoms with Crippen molar-refractivity contribution >= 4 is 17.7 Å². The molecule has 0 aliphatic carbocycles. The quantitative estimate of drug-likeness (QED) is 0.843. The maximum absolute atomic E-state index is 12.9. The van der Waals surface area contributed by atoms with Crippen molar-refractivity contribution in [1.29, 1.82) is 0 Å². The lowest BCUT2D eigenvalue weighted by atomic mass is 10.2. The van der Waals surface area contributed by atoms with E-state index in [2.05, 4.69) is 10.3 Å². The molecule has 1 amide bonds. The Balaban J connectivity index is 1.63. The Morgan fingerprint density at radius 1 is 1.42 bits per heavy atom. The van der Waals surface area contributed by atoms with Crippen LogP contribution in [0.25, 0.3) is 0 Å². The number of aryl methyl sites for hydroxylation is 1. The molecule has 0 saturated heterocycles. The number of fused-ring (bicyclic) bond motifs is 1. The maximum Gasteiger partial charge on any atom is 0.254 e. The highest BCUT2D eigenvalue weighted by Gasteiger charge is 2.27. The summed E-state index contributed by atoms with van der Waals surface area (Å²) < 4.78 is 14.5. The summed E-state index contributed by atoms with van der Waals surface area (Å²) in [7, 11) is 0. The highest BCUT2D eigenvalue weighted by Crippen LogP contribution is 2.31. The lowest BCUT2D eigenvalue weighted by molar-refractivity contribution is -0.121. The summed E-state index contributed by atoms with van der Waals surface area (Å²) in [5, 5.41) is 3.50. The van der Waals surface area contributed by atoms with Gasteiger partial charge in [-0.1, -0.05) is 30.8 Å². The smallest absolute Gasteiger partial charge is 0.254 e. The summed E-state index contributed by atoms with van der Waals surface area (Å²) in [4.78, 5) is 28.8. The Kier molecular flexibility index (Phi) is 4.99. The Morgan fingerprint density at radius 2 is 2.17 bits per heavy atom. The zero-order chi connectivity index (χ0) is 17.1. The number of halogens is 1. The fraction of sp³-hybridized carbons (Fsp3) is 0.353. The minimum absolute atomic E-state index is 0.0989. The molecule has 0 spiro atoms. The predicted molar refractivity (Wildman–Crippen MR) is 90.5 cm³/mol. The number of nitrogens with zero attached hydrogens (tertiary/aromatic N) is 2. The molecule has 3 rings (SSSR count). The van der Waals surface area contributed by atoms with E-state index < -0.39 is 0 Å². The summed E-state index contributed by atoms with van der Waals surface area (Å²) in [6, 6.07) is 7.36. The largest absolute Gasteiger partial charge is 0.352 e. The van der Waals surface area contributed by atoms with Crippen molar-refractivity contribution in [2.75, 3.05) is 5.75 Å². The maximum atomic E-state index is 12.9.